The molecule has 0 atom stereocenters. The van der Waals surface area contributed by atoms with Crippen molar-refractivity contribution in [1.29, 1.82) is 0 Å². The number of anilines is 2. The Morgan fingerprint density at radius 2 is 1.68 bits per heavy atom. The van der Waals surface area contributed by atoms with Crippen molar-refractivity contribution in [3.05, 3.63) is 30.0 Å². The monoisotopic (exact) mass is 482 g/mol. The lowest BCUT2D eigenvalue weighted by Crippen LogP contribution is -2.42. The first-order valence-electron chi connectivity index (χ1n) is 11.0. The number of rotatable bonds is 4. The Kier molecular flexibility index (Phi) is 5.52. The van der Waals surface area contributed by atoms with Gasteiger partial charge in [0, 0.05) is 32.2 Å². The Balaban J connectivity index is 1.28. The van der Waals surface area contributed by atoms with Gasteiger partial charge in [-0.25, -0.2) is 33.4 Å². The summed E-state index contributed by atoms with van der Waals surface area (Å²) in [5.41, 5.74) is -0.133. The normalized spacial score (nSPS) is 18.6. The molecule has 5 heterocycles. The maximum absolute atomic E-state index is 13.2. The predicted molar refractivity (Wildman–Crippen MR) is 114 cm³/mol. The summed E-state index contributed by atoms with van der Waals surface area (Å²) >= 11 is 0. The molecular weight excluding hydrogens is 459 g/mol. The Morgan fingerprint density at radius 3 is 2.35 bits per heavy atom. The third-order valence-electron chi connectivity index (χ3n) is 6.67. The highest BCUT2D eigenvalue weighted by Crippen LogP contribution is 2.42. The van der Waals surface area contributed by atoms with Crippen molar-refractivity contribution < 1.29 is 22.0 Å². The number of fused-ring (bicyclic) bond motifs is 1. The third-order valence-corrected chi connectivity index (χ3v) is 6.67. The van der Waals surface area contributed by atoms with Crippen molar-refractivity contribution in [2.45, 2.75) is 45.3 Å². The molecule has 0 saturated carbocycles. The van der Waals surface area contributed by atoms with Crippen LogP contribution in [0.2, 0.25) is 0 Å². The largest absolute Gasteiger partial charge is 0.433 e. The molecule has 182 valence electrons. The zero-order valence-corrected chi connectivity index (χ0v) is 18.4. The second-order valence-corrected chi connectivity index (χ2v) is 8.97. The van der Waals surface area contributed by atoms with Crippen molar-refractivity contribution in [3.8, 4) is 0 Å². The lowest BCUT2D eigenvalue weighted by Gasteiger charge is -2.40. The SMILES string of the molecule is Cc1nc(N2CCC3(CC2)CCN(c2cnc4cnn(CC(F)F)c4n2)C3)cc(C(F)(F)F)n1. The summed E-state index contributed by atoms with van der Waals surface area (Å²) in [5, 5.41) is 3.96. The Hall–Kier alpha value is -3.12. The zero-order valence-electron chi connectivity index (χ0n) is 18.4. The van der Waals surface area contributed by atoms with Gasteiger partial charge in [-0.2, -0.15) is 18.3 Å². The van der Waals surface area contributed by atoms with Crippen molar-refractivity contribution in [2.24, 2.45) is 5.41 Å². The van der Waals surface area contributed by atoms with Crippen LogP contribution in [0.4, 0.5) is 33.6 Å². The van der Waals surface area contributed by atoms with Gasteiger partial charge in [-0.3, -0.25) is 0 Å². The summed E-state index contributed by atoms with van der Waals surface area (Å²) in [6.45, 7) is 3.57. The van der Waals surface area contributed by atoms with E-state index >= 15 is 0 Å². The molecule has 8 nitrogen and oxygen atoms in total. The van der Waals surface area contributed by atoms with Crippen LogP contribution in [0.3, 0.4) is 0 Å². The predicted octanol–water partition coefficient (Wildman–Crippen LogP) is 3.71. The molecule has 13 heteroatoms. The molecule has 0 radical (unpaired) electrons. The van der Waals surface area contributed by atoms with Crippen LogP contribution in [-0.2, 0) is 12.7 Å². The Morgan fingerprint density at radius 1 is 0.971 bits per heavy atom. The van der Waals surface area contributed by atoms with Crippen molar-refractivity contribution >= 4 is 22.8 Å². The highest BCUT2D eigenvalue weighted by atomic mass is 19.4. The first-order chi connectivity index (χ1) is 16.1. The number of halogens is 5. The van der Waals surface area contributed by atoms with E-state index in [1.54, 1.807) is 6.20 Å². The van der Waals surface area contributed by atoms with Crippen LogP contribution < -0.4 is 9.80 Å². The molecule has 0 bridgehead atoms. The summed E-state index contributed by atoms with van der Waals surface area (Å²) in [5.74, 6) is 1.01. The number of aromatic nitrogens is 6. The molecule has 0 unspecified atom stereocenters. The number of alkyl halides is 5. The number of nitrogens with zero attached hydrogens (tertiary/aromatic N) is 8. The molecule has 34 heavy (non-hydrogen) atoms. The van der Waals surface area contributed by atoms with Crippen LogP contribution >= 0.6 is 0 Å². The maximum atomic E-state index is 13.2. The molecule has 0 aliphatic carbocycles. The number of hydrogen-bond acceptors (Lipinski definition) is 7. The topological polar surface area (TPSA) is 75.9 Å². The van der Waals surface area contributed by atoms with Gasteiger partial charge in [0.1, 0.15) is 35.2 Å². The zero-order chi connectivity index (χ0) is 24.1. The van der Waals surface area contributed by atoms with Gasteiger partial charge in [-0.05, 0) is 31.6 Å². The summed E-state index contributed by atoms with van der Waals surface area (Å²) in [4.78, 5) is 20.6. The van der Waals surface area contributed by atoms with Crippen LogP contribution in [0.25, 0.3) is 11.2 Å². The van der Waals surface area contributed by atoms with Gasteiger partial charge >= 0.3 is 6.18 Å². The fraction of sp³-hybridized carbons (Fsp3) is 0.571. The average molecular weight is 482 g/mol. The molecule has 2 fully saturated rings. The summed E-state index contributed by atoms with van der Waals surface area (Å²) < 4.78 is 66.3. The van der Waals surface area contributed by atoms with Crippen LogP contribution in [0.5, 0.6) is 0 Å². The van der Waals surface area contributed by atoms with E-state index in [0.29, 0.717) is 35.9 Å². The molecule has 0 aromatic carbocycles. The highest BCUT2D eigenvalue weighted by Gasteiger charge is 2.42. The second-order valence-electron chi connectivity index (χ2n) is 8.97. The molecule has 2 aliphatic rings. The van der Waals surface area contributed by atoms with Gasteiger partial charge < -0.3 is 9.80 Å². The Labute approximate surface area is 191 Å². The highest BCUT2D eigenvalue weighted by molar-refractivity contribution is 5.71. The minimum absolute atomic E-state index is 0.00524. The smallest absolute Gasteiger partial charge is 0.356 e. The first kappa shape index (κ1) is 22.7. The lowest BCUT2D eigenvalue weighted by atomic mass is 9.78. The standard InChI is InChI=1S/C21H23F5N8/c1-13-29-15(21(24,25)26)8-17(30-13)32-5-2-20(3-6-32)4-7-33(12-20)18-10-27-14-9-28-34(11-16(22)23)19(14)31-18/h8-10,16H,2-7,11-12H2,1H3. The molecular formula is C21H23F5N8. The van der Waals surface area contributed by atoms with Gasteiger partial charge in [0.05, 0.1) is 12.4 Å². The molecule has 1 spiro atoms. The van der Waals surface area contributed by atoms with E-state index in [9.17, 15) is 22.0 Å². The van der Waals surface area contributed by atoms with Gasteiger partial charge in [0.25, 0.3) is 6.43 Å². The minimum Gasteiger partial charge on any atom is -0.356 e. The Bertz CT molecular complexity index is 1190. The lowest BCUT2D eigenvalue weighted by molar-refractivity contribution is -0.141. The van der Waals surface area contributed by atoms with Gasteiger partial charge in [-0.15, -0.1) is 0 Å². The summed E-state index contributed by atoms with van der Waals surface area (Å²) in [7, 11) is 0. The fourth-order valence-electron chi connectivity index (χ4n) is 4.86. The van der Waals surface area contributed by atoms with Crippen molar-refractivity contribution in [3.63, 3.8) is 0 Å². The number of aryl methyl sites for hydroxylation is 1. The third kappa shape index (κ3) is 4.34. The van der Waals surface area contributed by atoms with Crippen LogP contribution in [0.15, 0.2) is 18.5 Å². The first-order valence-corrected chi connectivity index (χ1v) is 11.0. The number of hydrogen-bond donors (Lipinski definition) is 0. The van der Waals surface area contributed by atoms with E-state index in [1.807, 2.05) is 4.90 Å². The molecule has 5 rings (SSSR count). The fourth-order valence-corrected chi connectivity index (χ4v) is 4.86. The molecule has 0 N–H and O–H groups in total. The van der Waals surface area contributed by atoms with E-state index in [0.717, 1.165) is 38.4 Å². The van der Waals surface area contributed by atoms with Crippen LogP contribution in [0.1, 0.15) is 30.8 Å². The van der Waals surface area contributed by atoms with E-state index < -0.39 is 24.8 Å². The van der Waals surface area contributed by atoms with E-state index in [1.165, 1.54) is 17.8 Å². The van der Waals surface area contributed by atoms with E-state index in [-0.39, 0.29) is 11.2 Å². The molecule has 2 aliphatic heterocycles. The molecule has 3 aromatic heterocycles. The summed E-state index contributed by atoms with van der Waals surface area (Å²) in [6.07, 6.45) is -1.49. The number of piperidine rings is 1. The van der Waals surface area contributed by atoms with E-state index in [4.69, 9.17) is 0 Å². The second kappa shape index (κ2) is 8.27. The molecule has 3 aromatic rings. The van der Waals surface area contributed by atoms with Gasteiger partial charge in [0.2, 0.25) is 0 Å². The van der Waals surface area contributed by atoms with Crippen LogP contribution in [0, 0.1) is 12.3 Å². The maximum Gasteiger partial charge on any atom is 0.433 e. The molecule has 2 saturated heterocycles. The quantitative estimate of drug-likeness (QED) is 0.525. The average Bonchev–Trinajstić information content (AvgIpc) is 3.37. The minimum atomic E-state index is -4.52. The molecule has 0 amide bonds. The van der Waals surface area contributed by atoms with Crippen molar-refractivity contribution in [2.75, 3.05) is 36.0 Å². The van der Waals surface area contributed by atoms with E-state index in [2.05, 4.69) is 29.9 Å². The summed E-state index contributed by atoms with van der Waals surface area (Å²) in [6, 6.07) is 1.01. The van der Waals surface area contributed by atoms with Crippen LogP contribution in [-0.4, -0.2) is 62.3 Å². The van der Waals surface area contributed by atoms with Crippen molar-refractivity contribution in [1.82, 2.24) is 29.7 Å². The van der Waals surface area contributed by atoms with Gasteiger partial charge in [0.15, 0.2) is 5.65 Å². The van der Waals surface area contributed by atoms with Gasteiger partial charge in [-0.1, -0.05) is 0 Å².